The number of carboxylic acids is 1. The molecule has 32 heavy (non-hydrogen) atoms. The average Bonchev–Trinajstić information content (AvgIpc) is 2.65. The van der Waals surface area contributed by atoms with E-state index >= 15 is 0 Å². The van der Waals surface area contributed by atoms with Gasteiger partial charge in [0.05, 0.1) is 5.56 Å². The number of ether oxygens (including phenoxy) is 2. The van der Waals surface area contributed by atoms with Crippen molar-refractivity contribution in [1.82, 2.24) is 15.3 Å². The van der Waals surface area contributed by atoms with Crippen molar-refractivity contribution in [2.75, 3.05) is 0 Å². The van der Waals surface area contributed by atoms with Gasteiger partial charge >= 0.3 is 18.0 Å². The first-order chi connectivity index (χ1) is 14.7. The van der Waals surface area contributed by atoms with Gasteiger partial charge in [-0.2, -0.15) is 0 Å². The van der Waals surface area contributed by atoms with Crippen molar-refractivity contribution in [1.29, 1.82) is 0 Å². The van der Waals surface area contributed by atoms with Gasteiger partial charge in [-0.15, -0.1) is 0 Å². The molecular weight excluding hydrogens is 414 g/mol. The zero-order chi connectivity index (χ0) is 24.1. The Morgan fingerprint density at radius 2 is 1.47 bits per heavy atom. The van der Waals surface area contributed by atoms with Crippen LogP contribution in [0.4, 0.5) is 4.79 Å². The van der Waals surface area contributed by atoms with E-state index in [9.17, 15) is 19.5 Å². The molecule has 0 saturated carbocycles. The van der Waals surface area contributed by atoms with E-state index in [2.05, 4.69) is 15.3 Å². The number of nitrogens with zero attached hydrogens (tertiary/aromatic N) is 2. The number of carbonyl (C=O) groups is 3. The lowest BCUT2D eigenvalue weighted by atomic mass is 10.0. The molecule has 1 aromatic heterocycles. The van der Waals surface area contributed by atoms with Crippen LogP contribution in [0.25, 0.3) is 11.4 Å². The summed E-state index contributed by atoms with van der Waals surface area (Å²) in [6.45, 7) is 10.4. The Balaban J connectivity index is 2.06. The van der Waals surface area contributed by atoms with Crippen LogP contribution in [-0.4, -0.2) is 50.4 Å². The number of alkyl carbamates (subject to hydrolysis) is 1. The number of carboxylic acid groups (broad SMARTS) is 1. The number of aliphatic carboxylic acids is 1. The van der Waals surface area contributed by atoms with E-state index in [-0.39, 0.29) is 12.0 Å². The van der Waals surface area contributed by atoms with Crippen molar-refractivity contribution >= 4 is 18.0 Å². The van der Waals surface area contributed by atoms with Crippen molar-refractivity contribution < 1.29 is 29.0 Å². The molecule has 9 nitrogen and oxygen atoms in total. The van der Waals surface area contributed by atoms with Gasteiger partial charge in [-0.3, -0.25) is 0 Å². The number of nitrogens with one attached hydrogen (secondary N) is 1. The number of esters is 1. The molecule has 172 valence electrons. The first-order valence-electron chi connectivity index (χ1n) is 10.1. The molecule has 0 radical (unpaired) electrons. The summed E-state index contributed by atoms with van der Waals surface area (Å²) in [7, 11) is 0. The first kappa shape index (κ1) is 24.8. The van der Waals surface area contributed by atoms with Crippen LogP contribution in [0.2, 0.25) is 0 Å². The predicted octanol–water partition coefficient (Wildman–Crippen LogP) is 3.62. The summed E-state index contributed by atoms with van der Waals surface area (Å²) in [6, 6.07) is 5.80. The number of carbonyl (C=O) groups excluding carboxylic acids is 2. The van der Waals surface area contributed by atoms with Crippen LogP contribution in [0.1, 0.15) is 57.5 Å². The van der Waals surface area contributed by atoms with Gasteiger partial charge < -0.3 is 19.9 Å². The van der Waals surface area contributed by atoms with Crippen molar-refractivity contribution in [3.05, 3.63) is 47.8 Å². The fourth-order valence-corrected chi connectivity index (χ4v) is 2.60. The van der Waals surface area contributed by atoms with Crippen LogP contribution in [0.3, 0.4) is 0 Å². The second kappa shape index (κ2) is 9.76. The van der Waals surface area contributed by atoms with Crippen molar-refractivity contribution in [3.63, 3.8) is 0 Å². The molecule has 1 heterocycles. The second-order valence-corrected chi connectivity index (χ2v) is 9.24. The minimum absolute atomic E-state index is 0.0767. The highest BCUT2D eigenvalue weighted by molar-refractivity contribution is 5.89. The Kier molecular flexibility index (Phi) is 7.56. The van der Waals surface area contributed by atoms with Crippen molar-refractivity contribution in [3.8, 4) is 11.4 Å². The topological polar surface area (TPSA) is 128 Å². The lowest BCUT2D eigenvalue weighted by Gasteiger charge is -2.22. The van der Waals surface area contributed by atoms with Gasteiger partial charge in [-0.05, 0) is 47.1 Å². The molecular formula is C23H29N3O6. The minimum Gasteiger partial charge on any atom is -0.480 e. The maximum Gasteiger partial charge on any atom is 0.408 e. The van der Waals surface area contributed by atoms with Gasteiger partial charge in [0.25, 0.3) is 0 Å². The summed E-state index contributed by atoms with van der Waals surface area (Å²) < 4.78 is 10.4. The minimum atomic E-state index is -1.17. The van der Waals surface area contributed by atoms with E-state index < -0.39 is 35.3 Å². The molecule has 1 aromatic carbocycles. The van der Waals surface area contributed by atoms with E-state index in [1.165, 1.54) is 12.4 Å². The highest BCUT2D eigenvalue weighted by Gasteiger charge is 2.24. The van der Waals surface area contributed by atoms with Gasteiger partial charge in [-0.25, -0.2) is 24.4 Å². The van der Waals surface area contributed by atoms with Crippen LogP contribution >= 0.6 is 0 Å². The molecule has 0 unspecified atom stereocenters. The number of hydrogen-bond donors (Lipinski definition) is 2. The lowest BCUT2D eigenvalue weighted by Crippen LogP contribution is -2.44. The largest absolute Gasteiger partial charge is 0.480 e. The molecule has 0 aliphatic heterocycles. The van der Waals surface area contributed by atoms with Gasteiger partial charge in [-0.1, -0.05) is 24.3 Å². The third-order valence-corrected chi connectivity index (χ3v) is 3.93. The fourth-order valence-electron chi connectivity index (χ4n) is 2.60. The molecule has 0 fully saturated rings. The summed E-state index contributed by atoms with van der Waals surface area (Å²) >= 11 is 0. The molecule has 1 atom stereocenters. The number of rotatable bonds is 6. The summed E-state index contributed by atoms with van der Waals surface area (Å²) in [4.78, 5) is 43.9. The predicted molar refractivity (Wildman–Crippen MR) is 117 cm³/mol. The van der Waals surface area contributed by atoms with Crippen molar-refractivity contribution in [2.24, 2.45) is 0 Å². The lowest BCUT2D eigenvalue weighted by molar-refractivity contribution is -0.139. The molecule has 0 spiro atoms. The Labute approximate surface area is 187 Å². The van der Waals surface area contributed by atoms with E-state index in [0.717, 1.165) is 0 Å². The molecule has 2 N–H and O–H groups in total. The molecule has 9 heteroatoms. The smallest absolute Gasteiger partial charge is 0.408 e. The monoisotopic (exact) mass is 443 g/mol. The van der Waals surface area contributed by atoms with Crippen LogP contribution in [0.5, 0.6) is 0 Å². The molecule has 0 aliphatic carbocycles. The highest BCUT2D eigenvalue weighted by Crippen LogP contribution is 2.18. The quantitative estimate of drug-likeness (QED) is 0.648. The Morgan fingerprint density at radius 3 is 1.94 bits per heavy atom. The second-order valence-electron chi connectivity index (χ2n) is 9.24. The standard InChI is InChI=1S/C23H29N3O6/c1-22(2,3)31-20(29)16-12-24-18(25-13-16)15-9-7-14(8-10-15)11-17(19(27)28)26-21(30)32-23(4,5)6/h7-10,12-13,17H,11H2,1-6H3,(H,26,30)(H,27,28)/t17-/m0/s1. The summed E-state index contributed by atoms with van der Waals surface area (Å²) in [5.41, 5.74) is 0.294. The number of benzene rings is 1. The van der Waals surface area contributed by atoms with E-state index in [0.29, 0.717) is 17.0 Å². The average molecular weight is 444 g/mol. The summed E-state index contributed by atoms with van der Waals surface area (Å²) in [5.74, 6) is -1.26. The van der Waals surface area contributed by atoms with E-state index in [4.69, 9.17) is 9.47 Å². The normalized spacial score (nSPS) is 12.6. The van der Waals surface area contributed by atoms with E-state index in [1.807, 2.05) is 0 Å². The zero-order valence-corrected chi connectivity index (χ0v) is 19.1. The maximum absolute atomic E-state index is 12.1. The SMILES string of the molecule is CC(C)(C)OC(=O)N[C@@H](Cc1ccc(-c2ncc(C(=O)OC(C)(C)C)cn2)cc1)C(=O)O. The van der Waals surface area contributed by atoms with E-state index in [1.54, 1.807) is 65.8 Å². The Bertz CT molecular complexity index is 957. The zero-order valence-electron chi connectivity index (χ0n) is 19.1. The summed E-state index contributed by atoms with van der Waals surface area (Å²) in [5, 5.41) is 11.8. The van der Waals surface area contributed by atoms with Gasteiger partial charge in [0, 0.05) is 24.4 Å². The fraction of sp³-hybridized carbons (Fsp3) is 0.435. The molecule has 0 saturated heterocycles. The van der Waals surface area contributed by atoms with Gasteiger partial charge in [0.15, 0.2) is 5.82 Å². The third kappa shape index (κ3) is 7.98. The first-order valence-corrected chi connectivity index (χ1v) is 10.1. The molecule has 2 rings (SSSR count). The van der Waals surface area contributed by atoms with Gasteiger partial charge in [0.2, 0.25) is 0 Å². The number of amides is 1. The van der Waals surface area contributed by atoms with Crippen LogP contribution in [0.15, 0.2) is 36.7 Å². The van der Waals surface area contributed by atoms with Crippen molar-refractivity contribution in [2.45, 2.75) is 65.2 Å². The van der Waals surface area contributed by atoms with Gasteiger partial charge in [0.1, 0.15) is 17.2 Å². The Hall–Kier alpha value is -3.49. The summed E-state index contributed by atoms with van der Waals surface area (Å²) in [6.07, 6.45) is 2.08. The maximum atomic E-state index is 12.1. The number of hydrogen-bond acceptors (Lipinski definition) is 7. The van der Waals surface area contributed by atoms with Crippen LogP contribution in [0, 0.1) is 0 Å². The number of aromatic nitrogens is 2. The molecule has 0 aliphatic rings. The molecule has 0 bridgehead atoms. The molecule has 2 aromatic rings. The molecule has 1 amide bonds. The third-order valence-electron chi connectivity index (χ3n) is 3.93. The highest BCUT2D eigenvalue weighted by atomic mass is 16.6. The van der Waals surface area contributed by atoms with Crippen LogP contribution < -0.4 is 5.32 Å². The Morgan fingerprint density at radius 1 is 0.938 bits per heavy atom. The van der Waals surface area contributed by atoms with Crippen LogP contribution in [-0.2, 0) is 20.7 Å².